The monoisotopic (exact) mass is 468 g/mol. The predicted molar refractivity (Wildman–Crippen MR) is 107 cm³/mol. The number of amides is 2. The maximum Gasteiger partial charge on any atom is 0.255 e. The van der Waals surface area contributed by atoms with Crippen molar-refractivity contribution < 1.29 is 23.8 Å². The molecular formula is C19H18BrClN2O5. The van der Waals surface area contributed by atoms with E-state index in [1.54, 1.807) is 0 Å². The molecule has 0 aromatic heterocycles. The van der Waals surface area contributed by atoms with Gasteiger partial charge in [0.05, 0.1) is 24.8 Å². The van der Waals surface area contributed by atoms with Crippen LogP contribution in [0.5, 0.6) is 17.2 Å². The normalized spacial score (nSPS) is 15.2. The summed E-state index contributed by atoms with van der Waals surface area (Å²) in [5.74, 6) is 0.156. The molecule has 0 bridgehead atoms. The highest BCUT2D eigenvalue weighted by Gasteiger charge is 2.25. The summed E-state index contributed by atoms with van der Waals surface area (Å²) < 4.78 is 17.1. The lowest BCUT2D eigenvalue weighted by atomic mass is 10.00. The summed E-state index contributed by atoms with van der Waals surface area (Å²) in [6.45, 7) is 0.152. The van der Waals surface area contributed by atoms with Crippen LogP contribution in [0.2, 0.25) is 5.02 Å². The zero-order valence-electron chi connectivity index (χ0n) is 15.0. The van der Waals surface area contributed by atoms with Gasteiger partial charge in [0.25, 0.3) is 11.8 Å². The second kappa shape index (κ2) is 8.70. The van der Waals surface area contributed by atoms with E-state index < -0.39 is 5.91 Å². The summed E-state index contributed by atoms with van der Waals surface area (Å²) in [6.07, 6.45) is 0.639. The number of nitrogens with one attached hydrogen (secondary N) is 1. The van der Waals surface area contributed by atoms with Crippen LogP contribution in [0.1, 0.15) is 28.4 Å². The van der Waals surface area contributed by atoms with Gasteiger partial charge in [-0.1, -0.05) is 27.5 Å². The first-order chi connectivity index (χ1) is 13.4. The number of methoxy groups -OCH3 is 1. The molecule has 28 heavy (non-hydrogen) atoms. The molecule has 7 nitrogen and oxygen atoms in total. The van der Waals surface area contributed by atoms with Gasteiger partial charge in [0.1, 0.15) is 5.75 Å². The maximum atomic E-state index is 12.8. The number of fused-ring (bicyclic) bond motifs is 1. The summed E-state index contributed by atoms with van der Waals surface area (Å²) in [6, 6.07) is 8.42. The molecule has 9 heteroatoms. The molecule has 0 saturated carbocycles. The number of primary amides is 1. The summed E-state index contributed by atoms with van der Waals surface area (Å²) in [5, 5.41) is 3.14. The Morgan fingerprint density at radius 2 is 2.14 bits per heavy atom. The summed E-state index contributed by atoms with van der Waals surface area (Å²) in [5.41, 5.74) is 6.29. The van der Waals surface area contributed by atoms with E-state index in [-0.39, 0.29) is 35.1 Å². The lowest BCUT2D eigenvalue weighted by Crippen LogP contribution is -2.32. The van der Waals surface area contributed by atoms with E-state index in [0.29, 0.717) is 18.6 Å². The smallest absolute Gasteiger partial charge is 0.255 e. The zero-order valence-corrected chi connectivity index (χ0v) is 17.3. The molecule has 3 N–H and O–H groups in total. The number of rotatable bonds is 6. The van der Waals surface area contributed by atoms with E-state index in [2.05, 4.69) is 21.2 Å². The van der Waals surface area contributed by atoms with Gasteiger partial charge in [-0.15, -0.1) is 0 Å². The molecule has 0 radical (unpaired) electrons. The molecule has 0 fully saturated rings. The van der Waals surface area contributed by atoms with Crippen LogP contribution in [0.15, 0.2) is 34.8 Å². The van der Waals surface area contributed by atoms with Crippen LogP contribution in [0.4, 0.5) is 0 Å². The van der Waals surface area contributed by atoms with Gasteiger partial charge in [-0.05, 0) is 30.3 Å². The Balaban J connectivity index is 1.83. The van der Waals surface area contributed by atoms with Crippen LogP contribution in [0.3, 0.4) is 0 Å². The topological polar surface area (TPSA) is 99.9 Å². The number of hydrogen-bond donors (Lipinski definition) is 2. The Bertz CT molecular complexity index is 921. The molecule has 148 valence electrons. The number of nitrogens with two attached hydrogens (primary N) is 1. The zero-order chi connectivity index (χ0) is 20.3. The minimum atomic E-state index is -0.649. The number of carbonyl (C=O) groups is 2. The lowest BCUT2D eigenvalue weighted by Gasteiger charge is -2.27. The van der Waals surface area contributed by atoms with Crippen molar-refractivity contribution >= 4 is 39.3 Å². The van der Waals surface area contributed by atoms with Crippen LogP contribution >= 0.6 is 27.5 Å². The summed E-state index contributed by atoms with van der Waals surface area (Å²) in [4.78, 5) is 23.8. The van der Waals surface area contributed by atoms with Gasteiger partial charge in [0.15, 0.2) is 18.1 Å². The molecule has 1 aliphatic rings. The van der Waals surface area contributed by atoms with Crippen LogP contribution < -0.4 is 25.3 Å². The molecule has 0 aliphatic carbocycles. The second-order valence-electron chi connectivity index (χ2n) is 6.09. The van der Waals surface area contributed by atoms with Crippen molar-refractivity contribution in [2.45, 2.75) is 12.5 Å². The van der Waals surface area contributed by atoms with E-state index in [1.165, 1.54) is 19.2 Å². The third kappa shape index (κ3) is 4.51. The van der Waals surface area contributed by atoms with Crippen molar-refractivity contribution in [3.63, 3.8) is 0 Å². The van der Waals surface area contributed by atoms with Crippen molar-refractivity contribution in [1.29, 1.82) is 0 Å². The summed E-state index contributed by atoms with van der Waals surface area (Å²) >= 11 is 9.66. The maximum absolute atomic E-state index is 12.8. The molecular weight excluding hydrogens is 452 g/mol. The SMILES string of the molecule is COc1cc(C(=O)NC2CCOc3ccc(Br)cc32)cc(Cl)c1OCC(N)=O. The molecule has 1 unspecified atom stereocenters. The van der Waals surface area contributed by atoms with E-state index in [9.17, 15) is 9.59 Å². The average molecular weight is 470 g/mol. The first kappa shape index (κ1) is 20.3. The number of ether oxygens (including phenoxy) is 3. The number of halogens is 2. The highest BCUT2D eigenvalue weighted by Crippen LogP contribution is 2.37. The van der Waals surface area contributed by atoms with Crippen LogP contribution in [0, 0.1) is 0 Å². The fourth-order valence-corrected chi connectivity index (χ4v) is 3.54. The van der Waals surface area contributed by atoms with E-state index >= 15 is 0 Å². The molecule has 2 aromatic rings. The van der Waals surface area contributed by atoms with Gasteiger partial charge >= 0.3 is 0 Å². The number of benzene rings is 2. The summed E-state index contributed by atoms with van der Waals surface area (Å²) in [7, 11) is 1.41. The van der Waals surface area contributed by atoms with Crippen LogP contribution in [-0.2, 0) is 4.79 Å². The molecule has 3 rings (SSSR count). The standard InChI is InChI=1S/C19H18BrClN2O5/c1-26-16-7-10(6-13(21)18(16)28-9-17(22)24)19(25)23-14-4-5-27-15-3-2-11(20)8-12(14)15/h2-3,6-8,14H,4-5,9H2,1H3,(H2,22,24)(H,23,25). The Morgan fingerprint density at radius 3 is 2.86 bits per heavy atom. The van der Waals surface area contributed by atoms with E-state index in [1.807, 2.05) is 18.2 Å². The lowest BCUT2D eigenvalue weighted by molar-refractivity contribution is -0.119. The Kier molecular flexibility index (Phi) is 6.31. The predicted octanol–water partition coefficient (Wildman–Crippen LogP) is 3.23. The van der Waals surface area contributed by atoms with Crippen molar-refractivity contribution in [2.24, 2.45) is 5.73 Å². The highest BCUT2D eigenvalue weighted by atomic mass is 79.9. The van der Waals surface area contributed by atoms with Gasteiger partial charge in [-0.25, -0.2) is 0 Å². The third-order valence-corrected chi connectivity index (χ3v) is 4.94. The first-order valence-corrected chi connectivity index (χ1v) is 9.58. The molecule has 0 saturated heterocycles. The van der Waals surface area contributed by atoms with E-state index in [4.69, 9.17) is 31.5 Å². The van der Waals surface area contributed by atoms with Crippen molar-refractivity contribution in [3.05, 3.63) is 51.0 Å². The molecule has 1 aliphatic heterocycles. The molecule has 0 spiro atoms. The van der Waals surface area contributed by atoms with Gasteiger partial charge in [0, 0.05) is 22.0 Å². The Labute approximate surface area is 175 Å². The minimum absolute atomic E-state index is 0.140. The van der Waals surface area contributed by atoms with Crippen LogP contribution in [-0.4, -0.2) is 32.1 Å². The largest absolute Gasteiger partial charge is 0.493 e. The minimum Gasteiger partial charge on any atom is -0.493 e. The number of carbonyl (C=O) groups excluding carboxylic acids is 2. The Hall–Kier alpha value is -2.45. The van der Waals surface area contributed by atoms with Gasteiger partial charge in [0.2, 0.25) is 0 Å². The highest BCUT2D eigenvalue weighted by molar-refractivity contribution is 9.10. The molecule has 2 amide bonds. The van der Waals surface area contributed by atoms with Gasteiger partial charge in [-0.2, -0.15) is 0 Å². The first-order valence-electron chi connectivity index (χ1n) is 8.40. The van der Waals surface area contributed by atoms with Crippen molar-refractivity contribution in [2.75, 3.05) is 20.3 Å². The average Bonchev–Trinajstić information content (AvgIpc) is 2.66. The molecule has 1 atom stereocenters. The molecule has 2 aromatic carbocycles. The fraction of sp³-hybridized carbons (Fsp3) is 0.263. The van der Waals surface area contributed by atoms with Gasteiger partial charge in [-0.3, -0.25) is 9.59 Å². The molecule has 1 heterocycles. The Morgan fingerprint density at radius 1 is 1.36 bits per heavy atom. The quantitative estimate of drug-likeness (QED) is 0.677. The second-order valence-corrected chi connectivity index (χ2v) is 7.41. The van der Waals surface area contributed by atoms with Crippen molar-refractivity contribution in [3.8, 4) is 17.2 Å². The van der Waals surface area contributed by atoms with Gasteiger partial charge < -0.3 is 25.3 Å². The van der Waals surface area contributed by atoms with Crippen LogP contribution in [0.25, 0.3) is 0 Å². The fourth-order valence-electron chi connectivity index (χ4n) is 2.89. The third-order valence-electron chi connectivity index (χ3n) is 4.17. The van der Waals surface area contributed by atoms with E-state index in [0.717, 1.165) is 15.8 Å². The number of hydrogen-bond acceptors (Lipinski definition) is 5. The van der Waals surface area contributed by atoms with Crippen molar-refractivity contribution in [1.82, 2.24) is 5.32 Å².